The lowest BCUT2D eigenvalue weighted by Gasteiger charge is -2.37. The Bertz CT molecular complexity index is 628. The van der Waals surface area contributed by atoms with E-state index >= 15 is 0 Å². The fourth-order valence-electron chi connectivity index (χ4n) is 3.65. The van der Waals surface area contributed by atoms with Gasteiger partial charge in [0.05, 0.1) is 5.92 Å². The number of halogens is 2. The van der Waals surface area contributed by atoms with E-state index in [0.717, 1.165) is 0 Å². The monoisotopic (exact) mass is 323 g/mol. The van der Waals surface area contributed by atoms with Gasteiger partial charge >= 0.3 is 5.97 Å². The highest BCUT2D eigenvalue weighted by atomic mass is 19.1. The van der Waals surface area contributed by atoms with Crippen molar-refractivity contribution in [3.8, 4) is 0 Å². The minimum absolute atomic E-state index is 0.0229. The molecule has 1 saturated carbocycles. The zero-order chi connectivity index (χ0) is 16.7. The van der Waals surface area contributed by atoms with Gasteiger partial charge in [0.15, 0.2) is 0 Å². The molecule has 23 heavy (non-hydrogen) atoms. The minimum Gasteiger partial charge on any atom is -0.481 e. The molecule has 124 valence electrons. The van der Waals surface area contributed by atoms with Gasteiger partial charge in [-0.1, -0.05) is 6.07 Å². The Morgan fingerprint density at radius 2 is 1.87 bits per heavy atom. The zero-order valence-electron chi connectivity index (χ0n) is 12.8. The Morgan fingerprint density at radius 3 is 2.48 bits per heavy atom. The highest BCUT2D eigenvalue weighted by molar-refractivity contribution is 5.84. The topological polar surface area (TPSA) is 57.6 Å². The standard InChI is InChI=1S/C17H19F2NO3/c1-9-10(17(22)23)4-3-7-20(9)16(21)12-8-11(12)15-13(18)5-2-6-14(15)19/h2,5-6,9-12H,3-4,7-8H2,1H3,(H,22,23)/t9-,10-,11?,12?/m1/s1. The van der Waals surface area contributed by atoms with Crippen molar-refractivity contribution in [1.29, 1.82) is 0 Å². The number of likely N-dealkylation sites (tertiary alicyclic amines) is 1. The van der Waals surface area contributed by atoms with Crippen LogP contribution in [0, 0.1) is 23.5 Å². The van der Waals surface area contributed by atoms with Crippen LogP contribution in [-0.4, -0.2) is 34.5 Å². The number of carboxylic acids is 1. The van der Waals surface area contributed by atoms with Crippen molar-refractivity contribution >= 4 is 11.9 Å². The molecule has 1 aromatic carbocycles. The molecule has 0 spiro atoms. The summed E-state index contributed by atoms with van der Waals surface area (Å²) in [5.41, 5.74) is -0.0229. The molecule has 0 radical (unpaired) electrons. The predicted molar refractivity (Wildman–Crippen MR) is 78.7 cm³/mol. The third-order valence-corrected chi connectivity index (χ3v) is 5.07. The lowest BCUT2D eigenvalue weighted by molar-refractivity contribution is -0.149. The molecule has 4 nitrogen and oxygen atoms in total. The second kappa shape index (κ2) is 5.91. The maximum Gasteiger partial charge on any atom is 0.308 e. The molecule has 6 heteroatoms. The molecule has 0 bridgehead atoms. The summed E-state index contributed by atoms with van der Waals surface area (Å²) in [6, 6.07) is 3.31. The van der Waals surface area contributed by atoms with Crippen LogP contribution in [0.15, 0.2) is 18.2 Å². The Kier molecular flexibility index (Phi) is 4.08. The van der Waals surface area contributed by atoms with E-state index in [-0.39, 0.29) is 17.5 Å². The predicted octanol–water partition coefficient (Wildman–Crippen LogP) is 2.78. The number of nitrogens with zero attached hydrogens (tertiary/aromatic N) is 1. The highest BCUT2D eigenvalue weighted by Gasteiger charge is 2.50. The molecule has 1 amide bonds. The van der Waals surface area contributed by atoms with Gasteiger partial charge < -0.3 is 10.0 Å². The van der Waals surface area contributed by atoms with Crippen molar-refractivity contribution in [2.24, 2.45) is 11.8 Å². The number of piperidine rings is 1. The number of hydrogen-bond donors (Lipinski definition) is 1. The van der Waals surface area contributed by atoms with Crippen molar-refractivity contribution in [2.75, 3.05) is 6.54 Å². The second-order valence-electron chi connectivity index (χ2n) is 6.44. The summed E-state index contributed by atoms with van der Waals surface area (Å²) >= 11 is 0. The third kappa shape index (κ3) is 2.82. The Hall–Kier alpha value is -1.98. The van der Waals surface area contributed by atoms with Crippen LogP contribution in [0.5, 0.6) is 0 Å². The van der Waals surface area contributed by atoms with Gasteiger partial charge in [-0.05, 0) is 38.3 Å². The van der Waals surface area contributed by atoms with E-state index in [4.69, 9.17) is 0 Å². The average Bonchev–Trinajstić information content (AvgIpc) is 3.26. The van der Waals surface area contributed by atoms with E-state index in [9.17, 15) is 23.5 Å². The fraction of sp³-hybridized carbons (Fsp3) is 0.529. The van der Waals surface area contributed by atoms with Crippen molar-refractivity contribution in [3.05, 3.63) is 35.4 Å². The first-order valence-electron chi connectivity index (χ1n) is 7.89. The molecule has 3 rings (SSSR count). The molecule has 2 aliphatic rings. The third-order valence-electron chi connectivity index (χ3n) is 5.07. The lowest BCUT2D eigenvalue weighted by Crippen LogP contribution is -2.49. The number of carbonyl (C=O) groups is 2. The number of benzene rings is 1. The number of carboxylic acid groups (broad SMARTS) is 1. The summed E-state index contributed by atoms with van der Waals surface area (Å²) < 4.78 is 27.6. The first kappa shape index (κ1) is 15.9. The number of aliphatic carboxylic acids is 1. The van der Waals surface area contributed by atoms with Gasteiger partial charge in [0.1, 0.15) is 11.6 Å². The van der Waals surface area contributed by atoms with Gasteiger partial charge in [0.25, 0.3) is 0 Å². The number of rotatable bonds is 3. The van der Waals surface area contributed by atoms with Gasteiger partial charge in [-0.15, -0.1) is 0 Å². The maximum atomic E-state index is 13.8. The zero-order valence-corrected chi connectivity index (χ0v) is 12.8. The first-order chi connectivity index (χ1) is 10.9. The van der Waals surface area contributed by atoms with Gasteiger partial charge in [0.2, 0.25) is 5.91 Å². The van der Waals surface area contributed by atoms with Crippen LogP contribution in [0.1, 0.15) is 37.7 Å². The first-order valence-corrected chi connectivity index (χ1v) is 7.89. The van der Waals surface area contributed by atoms with Crippen molar-refractivity contribution < 1.29 is 23.5 Å². The fourth-order valence-corrected chi connectivity index (χ4v) is 3.65. The number of hydrogen-bond acceptors (Lipinski definition) is 2. The van der Waals surface area contributed by atoms with E-state index in [1.807, 2.05) is 0 Å². The van der Waals surface area contributed by atoms with Crippen LogP contribution in [0.4, 0.5) is 8.78 Å². The van der Waals surface area contributed by atoms with Crippen LogP contribution in [0.2, 0.25) is 0 Å². The summed E-state index contributed by atoms with van der Waals surface area (Å²) in [7, 11) is 0. The summed E-state index contributed by atoms with van der Waals surface area (Å²) in [5.74, 6) is -3.80. The molecule has 4 atom stereocenters. The smallest absolute Gasteiger partial charge is 0.308 e. The van der Waals surface area contributed by atoms with E-state index in [0.29, 0.717) is 25.8 Å². The molecule has 1 N–H and O–H groups in total. The lowest BCUT2D eigenvalue weighted by atomic mass is 9.90. The largest absolute Gasteiger partial charge is 0.481 e. The van der Waals surface area contributed by atoms with E-state index in [1.54, 1.807) is 11.8 Å². The molecular formula is C17H19F2NO3. The molecule has 1 aliphatic heterocycles. The summed E-state index contributed by atoms with van der Waals surface area (Å²) in [4.78, 5) is 25.5. The van der Waals surface area contributed by atoms with Gasteiger partial charge in [0, 0.05) is 30.0 Å². The Balaban J connectivity index is 1.74. The van der Waals surface area contributed by atoms with Crippen LogP contribution < -0.4 is 0 Å². The summed E-state index contributed by atoms with van der Waals surface area (Å²) in [6.07, 6.45) is 1.60. The highest BCUT2D eigenvalue weighted by Crippen LogP contribution is 2.50. The minimum atomic E-state index is -0.900. The second-order valence-corrected chi connectivity index (χ2v) is 6.44. The molecule has 1 heterocycles. The molecule has 2 fully saturated rings. The van der Waals surface area contributed by atoms with Gasteiger partial charge in [-0.25, -0.2) is 8.78 Å². The quantitative estimate of drug-likeness (QED) is 0.930. The van der Waals surface area contributed by atoms with E-state index in [2.05, 4.69) is 0 Å². The van der Waals surface area contributed by atoms with Crippen LogP contribution in [0.3, 0.4) is 0 Å². The summed E-state index contributed by atoms with van der Waals surface area (Å²) in [5, 5.41) is 9.23. The van der Waals surface area contributed by atoms with Crippen LogP contribution >= 0.6 is 0 Å². The molecule has 1 aromatic rings. The average molecular weight is 323 g/mol. The Morgan fingerprint density at radius 1 is 1.22 bits per heavy atom. The summed E-state index contributed by atoms with van der Waals surface area (Å²) in [6.45, 7) is 2.24. The van der Waals surface area contributed by atoms with Crippen LogP contribution in [-0.2, 0) is 9.59 Å². The molecule has 1 aliphatic carbocycles. The van der Waals surface area contributed by atoms with E-state index in [1.165, 1.54) is 18.2 Å². The molecule has 0 aromatic heterocycles. The SMILES string of the molecule is C[C@@H]1[C@H](C(=O)O)CCCN1C(=O)C1CC1c1c(F)cccc1F. The van der Waals surface area contributed by atoms with Crippen molar-refractivity contribution in [1.82, 2.24) is 4.90 Å². The molecule has 2 unspecified atom stereocenters. The maximum absolute atomic E-state index is 13.8. The van der Waals surface area contributed by atoms with Gasteiger partial charge in [-0.3, -0.25) is 9.59 Å². The molecular weight excluding hydrogens is 304 g/mol. The molecule has 1 saturated heterocycles. The number of amides is 1. The van der Waals surface area contributed by atoms with Crippen molar-refractivity contribution in [3.63, 3.8) is 0 Å². The Labute approximate surface area is 133 Å². The number of carbonyl (C=O) groups excluding carboxylic acids is 1. The van der Waals surface area contributed by atoms with Crippen molar-refractivity contribution in [2.45, 2.75) is 38.1 Å². The van der Waals surface area contributed by atoms with Crippen LogP contribution in [0.25, 0.3) is 0 Å². The van der Waals surface area contributed by atoms with Gasteiger partial charge in [-0.2, -0.15) is 0 Å². The normalized spacial score (nSPS) is 30.1. The van der Waals surface area contributed by atoms with E-state index < -0.39 is 35.4 Å².